The Morgan fingerprint density at radius 1 is 1.50 bits per heavy atom. The molecule has 0 unspecified atom stereocenters. The quantitative estimate of drug-likeness (QED) is 0.581. The maximum Gasteiger partial charge on any atom is 0.0685 e. The second-order valence-electron chi connectivity index (χ2n) is 2.05. The summed E-state index contributed by atoms with van der Waals surface area (Å²) in [6.45, 7) is 4.26. The van der Waals surface area contributed by atoms with E-state index in [1.807, 2.05) is 13.8 Å². The smallest absolute Gasteiger partial charge is 0.0685 e. The average Bonchev–Trinajstić information content (AvgIpc) is 1.65. The number of aliphatic hydroxyl groups is 1. The molecule has 8 heavy (non-hydrogen) atoms. The molecule has 0 spiro atoms. The van der Waals surface area contributed by atoms with Gasteiger partial charge in [0.15, 0.2) is 0 Å². The Kier molecular flexibility index (Phi) is 7.40. The number of aliphatic hydroxyl groups excluding tert-OH is 1. The van der Waals surface area contributed by atoms with Gasteiger partial charge in [0.25, 0.3) is 0 Å². The first-order chi connectivity index (χ1) is 3.18. The summed E-state index contributed by atoms with van der Waals surface area (Å²) in [6.07, 6.45) is -0.319. The largest absolute Gasteiger partial charge is 0.392 e. The molecule has 0 bridgehead atoms. The van der Waals surface area contributed by atoms with E-state index in [2.05, 4.69) is 0 Å². The summed E-state index contributed by atoms with van der Waals surface area (Å²) in [5.74, 6) is 0.296. The van der Waals surface area contributed by atoms with Crippen molar-refractivity contribution in [3.63, 3.8) is 0 Å². The van der Waals surface area contributed by atoms with E-state index in [0.717, 1.165) is 0 Å². The highest BCUT2D eigenvalue weighted by Crippen LogP contribution is 1.96. The van der Waals surface area contributed by atoms with Crippen LogP contribution in [0.5, 0.6) is 0 Å². The molecule has 3 N–H and O–H groups in total. The predicted octanol–water partition coefficient (Wildman–Crippen LogP) is 0.384. The highest BCUT2D eigenvalue weighted by Gasteiger charge is 2.03. The van der Waals surface area contributed by atoms with Crippen LogP contribution in [-0.2, 0) is 0 Å². The minimum Gasteiger partial charge on any atom is -0.392 e. The first-order valence-electron chi connectivity index (χ1n) is 2.56. The molecule has 0 heterocycles. The van der Waals surface area contributed by atoms with Crippen LogP contribution in [-0.4, -0.2) is 17.8 Å². The van der Waals surface area contributed by atoms with Crippen LogP contribution in [0.2, 0.25) is 0 Å². The van der Waals surface area contributed by atoms with Crippen LogP contribution in [0.4, 0.5) is 0 Å². The molecule has 0 saturated heterocycles. The Morgan fingerprint density at radius 3 is 1.88 bits per heavy atom. The van der Waals surface area contributed by atoms with Crippen molar-refractivity contribution in [2.75, 3.05) is 6.54 Å². The molecular weight excluding hydrogens is 126 g/mol. The van der Waals surface area contributed by atoms with E-state index in [0.29, 0.717) is 12.5 Å². The van der Waals surface area contributed by atoms with Gasteiger partial charge in [-0.1, -0.05) is 13.8 Å². The second kappa shape index (κ2) is 5.35. The van der Waals surface area contributed by atoms with Crippen molar-refractivity contribution >= 4 is 12.4 Å². The predicted molar refractivity (Wildman–Crippen MR) is 37.1 cm³/mol. The molecule has 1 atom stereocenters. The summed E-state index contributed by atoms with van der Waals surface area (Å²) in [4.78, 5) is 0. The topological polar surface area (TPSA) is 46.2 Å². The van der Waals surface area contributed by atoms with Gasteiger partial charge in [-0.2, -0.15) is 0 Å². The molecule has 0 aliphatic rings. The number of nitrogens with two attached hydrogens (primary N) is 1. The maximum absolute atomic E-state index is 8.81. The van der Waals surface area contributed by atoms with Crippen molar-refractivity contribution in [3.05, 3.63) is 0 Å². The summed E-state index contributed by atoms with van der Waals surface area (Å²) in [5.41, 5.74) is 5.12. The van der Waals surface area contributed by atoms with E-state index < -0.39 is 0 Å². The van der Waals surface area contributed by atoms with Crippen molar-refractivity contribution < 1.29 is 5.11 Å². The summed E-state index contributed by atoms with van der Waals surface area (Å²) < 4.78 is 0. The summed E-state index contributed by atoms with van der Waals surface area (Å²) in [7, 11) is 0. The second-order valence-corrected chi connectivity index (χ2v) is 2.05. The molecule has 0 fully saturated rings. The highest BCUT2D eigenvalue weighted by molar-refractivity contribution is 5.85. The Hall–Kier alpha value is 0.210. The standard InChI is InChI=1S/C5H13NO.ClH/c1-4(2)5(7)3-6;/h4-5,7H,3,6H2,1-2H3;1H/t5-;/m0./s1. The molecule has 0 saturated carbocycles. The molecular formula is C5H14ClNO. The minimum atomic E-state index is -0.319. The Balaban J connectivity index is 0. The lowest BCUT2D eigenvalue weighted by Crippen LogP contribution is -2.24. The van der Waals surface area contributed by atoms with Gasteiger partial charge in [-0.3, -0.25) is 0 Å². The van der Waals surface area contributed by atoms with E-state index in [1.165, 1.54) is 0 Å². The fourth-order valence-corrected chi connectivity index (χ4v) is 0.272. The summed E-state index contributed by atoms with van der Waals surface area (Å²) in [6, 6.07) is 0. The SMILES string of the molecule is CC(C)[C@@H](O)CN.Cl. The van der Waals surface area contributed by atoms with Crippen molar-refractivity contribution in [1.29, 1.82) is 0 Å². The van der Waals surface area contributed by atoms with Crippen LogP contribution in [0.25, 0.3) is 0 Å². The van der Waals surface area contributed by atoms with Gasteiger partial charge in [-0.15, -0.1) is 12.4 Å². The van der Waals surface area contributed by atoms with Gasteiger partial charge in [-0.05, 0) is 5.92 Å². The molecule has 2 nitrogen and oxygen atoms in total. The summed E-state index contributed by atoms with van der Waals surface area (Å²) in [5, 5.41) is 8.81. The number of hydrogen-bond donors (Lipinski definition) is 2. The fraction of sp³-hybridized carbons (Fsp3) is 1.00. The summed E-state index contributed by atoms with van der Waals surface area (Å²) >= 11 is 0. The first-order valence-corrected chi connectivity index (χ1v) is 2.56. The van der Waals surface area contributed by atoms with E-state index >= 15 is 0 Å². The Morgan fingerprint density at radius 2 is 1.88 bits per heavy atom. The fourth-order valence-electron chi connectivity index (χ4n) is 0.272. The zero-order chi connectivity index (χ0) is 5.86. The third kappa shape index (κ3) is 4.37. The molecule has 0 radical (unpaired) electrons. The molecule has 0 aliphatic carbocycles. The van der Waals surface area contributed by atoms with Crippen LogP contribution >= 0.6 is 12.4 Å². The molecule has 0 aliphatic heterocycles. The van der Waals surface area contributed by atoms with E-state index in [9.17, 15) is 0 Å². The third-order valence-corrected chi connectivity index (χ3v) is 1.01. The maximum atomic E-state index is 8.81. The molecule has 0 aromatic carbocycles. The molecule has 0 rings (SSSR count). The zero-order valence-electron chi connectivity index (χ0n) is 5.29. The Bertz CT molecular complexity index is 49.7. The molecule has 0 amide bonds. The van der Waals surface area contributed by atoms with Gasteiger partial charge in [0.2, 0.25) is 0 Å². The number of halogens is 1. The van der Waals surface area contributed by atoms with Crippen LogP contribution in [0.3, 0.4) is 0 Å². The minimum absolute atomic E-state index is 0. The lowest BCUT2D eigenvalue weighted by molar-refractivity contribution is 0.133. The molecule has 0 aromatic heterocycles. The molecule has 3 heteroatoms. The van der Waals surface area contributed by atoms with Crippen LogP contribution < -0.4 is 5.73 Å². The van der Waals surface area contributed by atoms with Crippen molar-refractivity contribution in [2.24, 2.45) is 11.7 Å². The lowest BCUT2D eigenvalue weighted by Gasteiger charge is -2.09. The van der Waals surface area contributed by atoms with E-state index in [4.69, 9.17) is 10.8 Å². The van der Waals surface area contributed by atoms with Crippen molar-refractivity contribution in [2.45, 2.75) is 20.0 Å². The van der Waals surface area contributed by atoms with Gasteiger partial charge < -0.3 is 10.8 Å². The van der Waals surface area contributed by atoms with Gasteiger partial charge >= 0.3 is 0 Å². The van der Waals surface area contributed by atoms with Gasteiger partial charge in [0, 0.05) is 6.54 Å². The van der Waals surface area contributed by atoms with Crippen molar-refractivity contribution in [1.82, 2.24) is 0 Å². The molecule has 52 valence electrons. The lowest BCUT2D eigenvalue weighted by atomic mass is 10.1. The third-order valence-electron chi connectivity index (χ3n) is 1.01. The Labute approximate surface area is 56.5 Å². The van der Waals surface area contributed by atoms with Crippen LogP contribution in [0, 0.1) is 5.92 Å². The molecule has 0 aromatic rings. The number of rotatable bonds is 2. The average molecular weight is 140 g/mol. The van der Waals surface area contributed by atoms with Crippen molar-refractivity contribution in [3.8, 4) is 0 Å². The van der Waals surface area contributed by atoms with Gasteiger partial charge in [0.05, 0.1) is 6.10 Å². The number of hydrogen-bond acceptors (Lipinski definition) is 2. The van der Waals surface area contributed by atoms with Gasteiger partial charge in [-0.25, -0.2) is 0 Å². The zero-order valence-corrected chi connectivity index (χ0v) is 6.11. The first kappa shape index (κ1) is 11.1. The van der Waals surface area contributed by atoms with E-state index in [1.54, 1.807) is 0 Å². The van der Waals surface area contributed by atoms with Crippen LogP contribution in [0.1, 0.15) is 13.8 Å². The van der Waals surface area contributed by atoms with Gasteiger partial charge in [0.1, 0.15) is 0 Å². The highest BCUT2D eigenvalue weighted by atomic mass is 35.5. The van der Waals surface area contributed by atoms with Crippen LogP contribution in [0.15, 0.2) is 0 Å². The monoisotopic (exact) mass is 139 g/mol. The van der Waals surface area contributed by atoms with E-state index in [-0.39, 0.29) is 18.5 Å². The normalized spacial score (nSPS) is 13.1.